The number of hydrogen-bond donors (Lipinski definition) is 1. The van der Waals surface area contributed by atoms with Crippen molar-refractivity contribution in [2.45, 2.75) is 37.9 Å². The zero-order chi connectivity index (χ0) is 8.97. The van der Waals surface area contributed by atoms with Crippen LogP contribution < -0.4 is 0 Å². The van der Waals surface area contributed by atoms with Crippen molar-refractivity contribution in [3.05, 3.63) is 0 Å². The number of carbonyl (C=O) groups excluding carboxylic acids is 1. The number of carbonyl (C=O) groups is 1. The summed E-state index contributed by atoms with van der Waals surface area (Å²) in [5, 5.41) is 0.461. The second-order valence-corrected chi connectivity index (χ2v) is 4.36. The van der Waals surface area contributed by atoms with Crippen LogP contribution in [0.3, 0.4) is 0 Å². The summed E-state index contributed by atoms with van der Waals surface area (Å²) in [7, 11) is 0. The van der Waals surface area contributed by atoms with E-state index in [-0.39, 0.29) is 0 Å². The molecule has 0 aromatic heterocycles. The molecule has 3 heteroatoms. The molecule has 1 heterocycles. The lowest BCUT2D eigenvalue weighted by Gasteiger charge is -2.15. The highest BCUT2D eigenvalue weighted by atomic mass is 32.1. The fraction of sp³-hybridized carbons (Fsp3) is 0.889. The van der Waals surface area contributed by atoms with E-state index in [1.54, 1.807) is 0 Å². The van der Waals surface area contributed by atoms with Crippen molar-refractivity contribution < 1.29 is 4.79 Å². The Kier molecular flexibility index (Phi) is 3.92. The molecule has 70 valence electrons. The highest BCUT2D eigenvalue weighted by Crippen LogP contribution is 2.11. The monoisotopic (exact) mass is 187 g/mol. The lowest BCUT2D eigenvalue weighted by atomic mass is 10.2. The van der Waals surface area contributed by atoms with Crippen LogP contribution in [-0.4, -0.2) is 29.1 Å². The molecule has 0 spiro atoms. The molecule has 0 aliphatic carbocycles. The van der Waals surface area contributed by atoms with Crippen molar-refractivity contribution in [1.29, 1.82) is 0 Å². The van der Waals surface area contributed by atoms with Crippen LogP contribution in [0, 0.1) is 0 Å². The molecular weight excluding hydrogens is 170 g/mol. The zero-order valence-corrected chi connectivity index (χ0v) is 8.52. The summed E-state index contributed by atoms with van der Waals surface area (Å²) in [6.07, 6.45) is 4.01. The Balaban J connectivity index is 2.10. The number of amides is 1. The molecule has 0 aromatic rings. The van der Waals surface area contributed by atoms with E-state index in [4.69, 9.17) is 0 Å². The molecule has 1 amide bonds. The van der Waals surface area contributed by atoms with E-state index >= 15 is 0 Å². The number of rotatable bonds is 4. The van der Waals surface area contributed by atoms with Crippen LogP contribution in [0.2, 0.25) is 0 Å². The van der Waals surface area contributed by atoms with Crippen molar-refractivity contribution in [2.75, 3.05) is 13.1 Å². The van der Waals surface area contributed by atoms with Gasteiger partial charge in [-0.25, -0.2) is 0 Å². The maximum absolute atomic E-state index is 11.2. The van der Waals surface area contributed by atoms with Gasteiger partial charge < -0.3 is 4.90 Å². The van der Waals surface area contributed by atoms with Crippen molar-refractivity contribution >= 4 is 18.5 Å². The second-order valence-electron chi connectivity index (χ2n) is 3.48. The Morgan fingerprint density at radius 3 is 2.92 bits per heavy atom. The fourth-order valence-electron chi connectivity index (χ4n) is 1.52. The molecule has 1 atom stereocenters. The van der Waals surface area contributed by atoms with E-state index < -0.39 is 0 Å². The molecule has 2 nitrogen and oxygen atoms in total. The Bertz CT molecular complexity index is 159. The smallest absolute Gasteiger partial charge is 0.222 e. The average Bonchev–Trinajstić information content (AvgIpc) is 2.36. The lowest BCUT2D eigenvalue weighted by molar-refractivity contribution is -0.127. The van der Waals surface area contributed by atoms with Gasteiger partial charge in [0.1, 0.15) is 0 Å². The summed E-state index contributed by atoms with van der Waals surface area (Å²) in [6.45, 7) is 4.00. The topological polar surface area (TPSA) is 20.3 Å². The molecule has 1 aliphatic rings. The minimum absolute atomic E-state index is 0.335. The van der Waals surface area contributed by atoms with E-state index in [9.17, 15) is 4.79 Å². The van der Waals surface area contributed by atoms with E-state index in [0.717, 1.165) is 38.8 Å². The Labute approximate surface area is 79.7 Å². The van der Waals surface area contributed by atoms with Crippen molar-refractivity contribution in [2.24, 2.45) is 0 Å². The van der Waals surface area contributed by atoms with Gasteiger partial charge in [-0.15, -0.1) is 0 Å². The molecule has 1 fully saturated rings. The molecule has 0 N–H and O–H groups in total. The summed E-state index contributed by atoms with van der Waals surface area (Å²) < 4.78 is 0. The Morgan fingerprint density at radius 1 is 1.67 bits per heavy atom. The first kappa shape index (κ1) is 9.90. The van der Waals surface area contributed by atoms with Crippen LogP contribution in [0.4, 0.5) is 0 Å². The van der Waals surface area contributed by atoms with Gasteiger partial charge in [-0.3, -0.25) is 4.79 Å². The van der Waals surface area contributed by atoms with Crippen LogP contribution in [0.5, 0.6) is 0 Å². The summed E-state index contributed by atoms with van der Waals surface area (Å²) >= 11 is 4.29. The first-order chi connectivity index (χ1) is 5.70. The molecule has 0 aromatic carbocycles. The number of hydrogen-bond acceptors (Lipinski definition) is 2. The molecule has 0 bridgehead atoms. The van der Waals surface area contributed by atoms with Gasteiger partial charge in [-0.2, -0.15) is 12.6 Å². The third kappa shape index (κ3) is 3.05. The molecular formula is C9H17NOS. The second kappa shape index (κ2) is 4.75. The van der Waals surface area contributed by atoms with Gasteiger partial charge in [0.2, 0.25) is 5.91 Å². The largest absolute Gasteiger partial charge is 0.343 e. The SMILES string of the molecule is CC(S)CCCN1CCCC1=O. The lowest BCUT2D eigenvalue weighted by Crippen LogP contribution is -2.25. The third-order valence-corrected chi connectivity index (χ3v) is 2.48. The van der Waals surface area contributed by atoms with Gasteiger partial charge in [0.25, 0.3) is 0 Å². The highest BCUT2D eigenvalue weighted by Gasteiger charge is 2.18. The van der Waals surface area contributed by atoms with Gasteiger partial charge >= 0.3 is 0 Å². The molecule has 12 heavy (non-hydrogen) atoms. The minimum atomic E-state index is 0.335. The standard InChI is InChI=1S/C9H17NOS/c1-8(12)4-2-6-10-7-3-5-9(10)11/h8,12H,2-7H2,1H3. The van der Waals surface area contributed by atoms with Crippen LogP contribution in [0.25, 0.3) is 0 Å². The molecule has 1 saturated heterocycles. The van der Waals surface area contributed by atoms with E-state index in [1.807, 2.05) is 4.90 Å². The fourth-order valence-corrected chi connectivity index (χ4v) is 1.70. The first-order valence-corrected chi connectivity index (χ1v) is 5.17. The van der Waals surface area contributed by atoms with E-state index in [0.29, 0.717) is 11.2 Å². The van der Waals surface area contributed by atoms with Gasteiger partial charge in [-0.05, 0) is 24.5 Å². The summed E-state index contributed by atoms with van der Waals surface area (Å²) in [6, 6.07) is 0. The van der Waals surface area contributed by atoms with Gasteiger partial charge in [0.15, 0.2) is 0 Å². The van der Waals surface area contributed by atoms with Crippen LogP contribution >= 0.6 is 12.6 Å². The zero-order valence-electron chi connectivity index (χ0n) is 7.62. The molecule has 0 radical (unpaired) electrons. The van der Waals surface area contributed by atoms with E-state index in [2.05, 4.69) is 19.6 Å². The molecule has 0 saturated carbocycles. The predicted molar refractivity (Wildman–Crippen MR) is 53.5 cm³/mol. The number of nitrogens with zero attached hydrogens (tertiary/aromatic N) is 1. The van der Waals surface area contributed by atoms with E-state index in [1.165, 1.54) is 0 Å². The summed E-state index contributed by atoms with van der Waals surface area (Å²) in [5.41, 5.74) is 0. The molecule has 1 aliphatic heterocycles. The van der Waals surface area contributed by atoms with Crippen LogP contribution in [0.1, 0.15) is 32.6 Å². The summed E-state index contributed by atoms with van der Waals surface area (Å²) in [5.74, 6) is 0.335. The van der Waals surface area contributed by atoms with Crippen molar-refractivity contribution in [1.82, 2.24) is 4.90 Å². The van der Waals surface area contributed by atoms with Crippen molar-refractivity contribution in [3.8, 4) is 0 Å². The maximum atomic E-state index is 11.2. The van der Waals surface area contributed by atoms with Gasteiger partial charge in [-0.1, -0.05) is 6.92 Å². The quantitative estimate of drug-likeness (QED) is 0.664. The summed E-state index contributed by atoms with van der Waals surface area (Å²) in [4.78, 5) is 13.1. The molecule has 1 rings (SSSR count). The normalized spacial score (nSPS) is 20.2. The van der Waals surface area contributed by atoms with Crippen molar-refractivity contribution in [3.63, 3.8) is 0 Å². The maximum Gasteiger partial charge on any atom is 0.222 e. The Morgan fingerprint density at radius 2 is 2.42 bits per heavy atom. The predicted octanol–water partition coefficient (Wildman–Crippen LogP) is 1.71. The van der Waals surface area contributed by atoms with Crippen LogP contribution in [0.15, 0.2) is 0 Å². The van der Waals surface area contributed by atoms with Crippen LogP contribution in [-0.2, 0) is 4.79 Å². The number of thiol groups is 1. The van der Waals surface area contributed by atoms with Gasteiger partial charge in [0.05, 0.1) is 0 Å². The average molecular weight is 187 g/mol. The number of likely N-dealkylation sites (tertiary alicyclic amines) is 1. The Hall–Kier alpha value is -0.180. The minimum Gasteiger partial charge on any atom is -0.343 e. The van der Waals surface area contributed by atoms with Gasteiger partial charge in [0, 0.05) is 19.5 Å². The highest BCUT2D eigenvalue weighted by molar-refractivity contribution is 7.80. The third-order valence-electron chi connectivity index (χ3n) is 2.22. The first-order valence-electron chi connectivity index (χ1n) is 4.66. The molecule has 1 unspecified atom stereocenters.